The maximum atomic E-state index is 3.53. The Morgan fingerprint density at radius 3 is 1.27 bits per heavy atom. The standard InChI is InChI=1S/C7H16.C2H6.CH4S/c1-5-6-7(2,3)4;2*1-2/h5-6H2,1-4H3;1-2H3;2H,1H3. The van der Waals surface area contributed by atoms with E-state index in [-0.39, 0.29) is 0 Å². The molecule has 0 aliphatic carbocycles. The van der Waals surface area contributed by atoms with Crippen LogP contribution in [0.3, 0.4) is 0 Å². The predicted molar refractivity (Wildman–Crippen MR) is 60.6 cm³/mol. The van der Waals surface area contributed by atoms with Crippen LogP contribution < -0.4 is 0 Å². The van der Waals surface area contributed by atoms with Crippen LogP contribution in [0.15, 0.2) is 0 Å². The van der Waals surface area contributed by atoms with Gasteiger partial charge in [0.05, 0.1) is 0 Å². The van der Waals surface area contributed by atoms with E-state index in [2.05, 4.69) is 40.3 Å². The lowest BCUT2D eigenvalue weighted by atomic mass is 9.91. The van der Waals surface area contributed by atoms with E-state index in [0.717, 1.165) is 0 Å². The fourth-order valence-corrected chi connectivity index (χ4v) is 0.750. The normalized spacial score (nSPS) is 8.73. The van der Waals surface area contributed by atoms with Gasteiger partial charge in [0, 0.05) is 0 Å². The third-order valence-corrected chi connectivity index (χ3v) is 1.000. The lowest BCUT2D eigenvalue weighted by molar-refractivity contribution is 0.373. The third kappa shape index (κ3) is 38.1. The zero-order chi connectivity index (χ0) is 9.91. The van der Waals surface area contributed by atoms with E-state index in [4.69, 9.17) is 0 Å². The summed E-state index contributed by atoms with van der Waals surface area (Å²) in [6.45, 7) is 13.1. The second-order valence-corrected chi connectivity index (χ2v) is 3.31. The van der Waals surface area contributed by atoms with Crippen LogP contribution >= 0.6 is 12.6 Å². The van der Waals surface area contributed by atoms with Gasteiger partial charge in [-0.25, -0.2) is 0 Å². The van der Waals surface area contributed by atoms with Crippen LogP contribution in [-0.2, 0) is 0 Å². The molecule has 0 spiro atoms. The smallest absolute Gasteiger partial charge is 0.0215 e. The molecule has 0 radical (unpaired) electrons. The molecule has 11 heavy (non-hydrogen) atoms. The van der Waals surface area contributed by atoms with Crippen molar-refractivity contribution in [3.8, 4) is 0 Å². The summed E-state index contributed by atoms with van der Waals surface area (Å²) in [7, 11) is 0. The van der Waals surface area contributed by atoms with E-state index >= 15 is 0 Å². The molecule has 0 bridgehead atoms. The van der Waals surface area contributed by atoms with Gasteiger partial charge in [0.1, 0.15) is 0 Å². The van der Waals surface area contributed by atoms with Crippen LogP contribution in [0.4, 0.5) is 0 Å². The fraction of sp³-hybridized carbons (Fsp3) is 1.00. The summed E-state index contributed by atoms with van der Waals surface area (Å²) in [5.41, 5.74) is 0.550. The van der Waals surface area contributed by atoms with E-state index in [1.54, 1.807) is 6.26 Å². The monoisotopic (exact) mass is 178 g/mol. The van der Waals surface area contributed by atoms with Crippen molar-refractivity contribution in [2.45, 2.75) is 54.4 Å². The average molecular weight is 178 g/mol. The van der Waals surface area contributed by atoms with Crippen molar-refractivity contribution in [3.05, 3.63) is 0 Å². The van der Waals surface area contributed by atoms with Crippen LogP contribution in [0.2, 0.25) is 0 Å². The van der Waals surface area contributed by atoms with Crippen molar-refractivity contribution in [2.75, 3.05) is 6.26 Å². The first kappa shape index (κ1) is 17.4. The molecule has 0 heterocycles. The van der Waals surface area contributed by atoms with Gasteiger partial charge in [-0.2, -0.15) is 12.6 Å². The predicted octanol–water partition coefficient (Wildman–Crippen LogP) is 4.40. The summed E-state index contributed by atoms with van der Waals surface area (Å²) in [6, 6.07) is 0. The molecule has 0 unspecified atom stereocenters. The van der Waals surface area contributed by atoms with Gasteiger partial charge in [-0.3, -0.25) is 0 Å². The maximum absolute atomic E-state index is 3.53. The summed E-state index contributed by atoms with van der Waals surface area (Å²) in [5, 5.41) is 0. The first-order chi connectivity index (χ1) is 5.06. The first-order valence-corrected chi connectivity index (χ1v) is 5.40. The van der Waals surface area contributed by atoms with Gasteiger partial charge >= 0.3 is 0 Å². The Kier molecular flexibility index (Phi) is 20.6. The molecule has 0 N–H and O–H groups in total. The zero-order valence-electron chi connectivity index (χ0n) is 9.36. The Balaban J connectivity index is -0.000000138. The Morgan fingerprint density at radius 2 is 1.27 bits per heavy atom. The Labute approximate surface area is 79.2 Å². The molecular formula is C10H26S. The second kappa shape index (κ2) is 13.0. The van der Waals surface area contributed by atoms with E-state index in [0.29, 0.717) is 5.41 Å². The highest BCUT2D eigenvalue weighted by Crippen LogP contribution is 2.19. The van der Waals surface area contributed by atoms with Gasteiger partial charge in [-0.05, 0) is 18.1 Å². The van der Waals surface area contributed by atoms with Gasteiger partial charge in [0.15, 0.2) is 0 Å². The van der Waals surface area contributed by atoms with E-state index in [9.17, 15) is 0 Å². The number of rotatable bonds is 1. The summed E-state index contributed by atoms with van der Waals surface area (Å²) in [6.07, 6.45) is 4.34. The quantitative estimate of drug-likeness (QED) is 0.565. The highest BCUT2D eigenvalue weighted by molar-refractivity contribution is 7.79. The molecule has 0 saturated heterocycles. The highest BCUT2D eigenvalue weighted by atomic mass is 32.1. The van der Waals surface area contributed by atoms with Crippen LogP contribution in [0.5, 0.6) is 0 Å². The van der Waals surface area contributed by atoms with Crippen molar-refractivity contribution in [2.24, 2.45) is 5.41 Å². The van der Waals surface area contributed by atoms with Crippen molar-refractivity contribution in [3.63, 3.8) is 0 Å². The number of hydrogen-bond donors (Lipinski definition) is 1. The molecule has 0 saturated carbocycles. The maximum Gasteiger partial charge on any atom is -0.0215 e. The summed E-state index contributed by atoms with van der Waals surface area (Å²) in [5.74, 6) is 0. The molecule has 0 rings (SSSR count). The molecule has 0 amide bonds. The molecular weight excluding hydrogens is 152 g/mol. The van der Waals surface area contributed by atoms with Gasteiger partial charge < -0.3 is 0 Å². The number of thiol groups is 1. The highest BCUT2D eigenvalue weighted by Gasteiger charge is 2.06. The summed E-state index contributed by atoms with van der Waals surface area (Å²) < 4.78 is 0. The van der Waals surface area contributed by atoms with Crippen LogP contribution in [-0.4, -0.2) is 6.26 Å². The fourth-order valence-electron chi connectivity index (χ4n) is 0.750. The molecule has 0 aromatic rings. The van der Waals surface area contributed by atoms with E-state index < -0.39 is 0 Å². The molecule has 0 aliphatic heterocycles. The molecule has 0 nitrogen and oxygen atoms in total. The minimum Gasteiger partial charge on any atom is -0.183 e. The third-order valence-electron chi connectivity index (χ3n) is 1.000. The van der Waals surface area contributed by atoms with Crippen LogP contribution in [0.25, 0.3) is 0 Å². The van der Waals surface area contributed by atoms with Crippen molar-refractivity contribution >= 4 is 12.6 Å². The van der Waals surface area contributed by atoms with Gasteiger partial charge in [-0.15, -0.1) is 0 Å². The Bertz CT molecular complexity index is 43.3. The molecule has 0 aliphatic rings. The minimum atomic E-state index is 0.550. The summed E-state index contributed by atoms with van der Waals surface area (Å²) >= 11 is 3.53. The van der Waals surface area contributed by atoms with Gasteiger partial charge in [0.2, 0.25) is 0 Å². The van der Waals surface area contributed by atoms with Crippen LogP contribution in [0.1, 0.15) is 54.4 Å². The molecule has 0 aromatic heterocycles. The topological polar surface area (TPSA) is 0 Å². The Morgan fingerprint density at radius 1 is 1.00 bits per heavy atom. The second-order valence-electron chi connectivity index (χ2n) is 3.31. The summed E-state index contributed by atoms with van der Waals surface area (Å²) in [4.78, 5) is 0. The lowest BCUT2D eigenvalue weighted by Crippen LogP contribution is -2.02. The van der Waals surface area contributed by atoms with Gasteiger partial charge in [0.25, 0.3) is 0 Å². The molecule has 0 aromatic carbocycles. The molecule has 1 heteroatoms. The molecule has 0 atom stereocenters. The van der Waals surface area contributed by atoms with Crippen molar-refractivity contribution in [1.29, 1.82) is 0 Å². The number of hydrogen-bond acceptors (Lipinski definition) is 1. The van der Waals surface area contributed by atoms with Crippen molar-refractivity contribution < 1.29 is 0 Å². The lowest BCUT2D eigenvalue weighted by Gasteiger charge is -2.15. The average Bonchev–Trinajstić information content (AvgIpc) is 1.94. The minimum absolute atomic E-state index is 0.550. The molecule has 0 fully saturated rings. The first-order valence-electron chi connectivity index (χ1n) is 4.51. The van der Waals surface area contributed by atoms with Crippen molar-refractivity contribution in [1.82, 2.24) is 0 Å². The largest absolute Gasteiger partial charge is 0.183 e. The van der Waals surface area contributed by atoms with E-state index in [1.807, 2.05) is 13.8 Å². The molecule has 72 valence electrons. The van der Waals surface area contributed by atoms with E-state index in [1.165, 1.54) is 12.8 Å². The SMILES string of the molecule is CC.CCCC(C)(C)C.CS. The van der Waals surface area contributed by atoms with Gasteiger partial charge in [-0.1, -0.05) is 48.0 Å². The van der Waals surface area contributed by atoms with Crippen LogP contribution in [0, 0.1) is 5.41 Å². The zero-order valence-corrected chi connectivity index (χ0v) is 10.3. The Hall–Kier alpha value is 0.350.